The molecular formula is C20H24N2O3. The lowest BCUT2D eigenvalue weighted by Crippen LogP contribution is -2.39. The molecule has 25 heavy (non-hydrogen) atoms. The predicted molar refractivity (Wildman–Crippen MR) is 98.2 cm³/mol. The zero-order valence-electron chi connectivity index (χ0n) is 14.5. The van der Waals surface area contributed by atoms with Crippen LogP contribution in [0.2, 0.25) is 0 Å². The molecule has 5 heteroatoms. The molecular weight excluding hydrogens is 316 g/mol. The lowest BCUT2D eigenvalue weighted by Gasteiger charge is -2.20. The molecule has 2 amide bonds. The third-order valence-electron chi connectivity index (χ3n) is 4.01. The highest BCUT2D eigenvalue weighted by Crippen LogP contribution is 2.17. The molecule has 0 saturated carbocycles. The molecule has 0 saturated heterocycles. The van der Waals surface area contributed by atoms with E-state index >= 15 is 0 Å². The summed E-state index contributed by atoms with van der Waals surface area (Å²) in [5, 5.41) is 14.6. The van der Waals surface area contributed by atoms with Crippen LogP contribution in [0, 0.1) is 11.8 Å². The summed E-state index contributed by atoms with van der Waals surface area (Å²) in [7, 11) is 0. The van der Waals surface area contributed by atoms with Crippen LogP contribution in [0.4, 0.5) is 5.69 Å². The Bertz CT molecular complexity index is 697. The molecule has 1 unspecified atom stereocenters. The van der Waals surface area contributed by atoms with Crippen LogP contribution in [-0.2, 0) is 16.0 Å². The maximum absolute atomic E-state index is 12.5. The Morgan fingerprint density at radius 1 is 1.00 bits per heavy atom. The molecule has 0 aliphatic rings. The number of carbonyl (C=O) groups is 2. The Hall–Kier alpha value is -2.82. The smallest absolute Gasteiger partial charge is 0.243 e. The summed E-state index contributed by atoms with van der Waals surface area (Å²) >= 11 is 0. The van der Waals surface area contributed by atoms with E-state index in [2.05, 4.69) is 10.6 Å². The van der Waals surface area contributed by atoms with Crippen molar-refractivity contribution >= 4 is 17.5 Å². The van der Waals surface area contributed by atoms with Crippen molar-refractivity contribution in [1.82, 2.24) is 5.32 Å². The summed E-state index contributed by atoms with van der Waals surface area (Å²) in [6, 6.07) is 16.0. The molecule has 0 aliphatic heterocycles. The monoisotopic (exact) mass is 340 g/mol. The second-order valence-electron chi connectivity index (χ2n) is 6.35. The second-order valence-corrected chi connectivity index (χ2v) is 6.35. The molecule has 2 aromatic carbocycles. The Morgan fingerprint density at radius 2 is 1.64 bits per heavy atom. The quantitative estimate of drug-likeness (QED) is 0.678. The molecule has 0 fully saturated rings. The Labute approximate surface area is 148 Å². The zero-order valence-corrected chi connectivity index (χ0v) is 14.5. The van der Waals surface area contributed by atoms with E-state index in [4.69, 9.17) is 0 Å². The van der Waals surface area contributed by atoms with Gasteiger partial charge in [-0.3, -0.25) is 9.59 Å². The van der Waals surface area contributed by atoms with E-state index < -0.39 is 0 Å². The van der Waals surface area contributed by atoms with Gasteiger partial charge in [-0.05, 0) is 42.2 Å². The van der Waals surface area contributed by atoms with Gasteiger partial charge in [0.15, 0.2) is 0 Å². The minimum atomic E-state index is -0.304. The highest BCUT2D eigenvalue weighted by molar-refractivity contribution is 5.94. The second kappa shape index (κ2) is 8.87. The van der Waals surface area contributed by atoms with Gasteiger partial charge in [0.1, 0.15) is 5.75 Å². The van der Waals surface area contributed by atoms with E-state index in [9.17, 15) is 14.7 Å². The molecule has 0 spiro atoms. The van der Waals surface area contributed by atoms with Gasteiger partial charge in [0.2, 0.25) is 11.8 Å². The number of benzene rings is 2. The lowest BCUT2D eigenvalue weighted by molar-refractivity contribution is -0.128. The van der Waals surface area contributed by atoms with Gasteiger partial charge in [0.05, 0.1) is 6.54 Å². The molecule has 0 heterocycles. The number of hydrogen-bond acceptors (Lipinski definition) is 3. The number of phenolic OH excluding ortho intramolecular Hbond substituents is 1. The van der Waals surface area contributed by atoms with Crippen molar-refractivity contribution in [2.75, 3.05) is 11.9 Å². The Balaban J connectivity index is 1.87. The molecule has 0 bridgehead atoms. The lowest BCUT2D eigenvalue weighted by atomic mass is 9.88. The normalized spacial score (nSPS) is 11.8. The van der Waals surface area contributed by atoms with Gasteiger partial charge in [-0.2, -0.15) is 0 Å². The summed E-state index contributed by atoms with van der Waals surface area (Å²) < 4.78 is 0. The topological polar surface area (TPSA) is 78.4 Å². The van der Waals surface area contributed by atoms with Crippen molar-refractivity contribution in [3.8, 4) is 5.75 Å². The van der Waals surface area contributed by atoms with Crippen LogP contribution < -0.4 is 10.6 Å². The molecule has 0 aromatic heterocycles. The zero-order chi connectivity index (χ0) is 18.2. The number of hydrogen-bond donors (Lipinski definition) is 3. The van der Waals surface area contributed by atoms with Crippen molar-refractivity contribution in [1.29, 1.82) is 0 Å². The van der Waals surface area contributed by atoms with Crippen LogP contribution in [0.3, 0.4) is 0 Å². The van der Waals surface area contributed by atoms with Gasteiger partial charge < -0.3 is 15.7 Å². The number of rotatable bonds is 7. The first-order valence-corrected chi connectivity index (χ1v) is 8.36. The minimum Gasteiger partial charge on any atom is -0.508 e. The van der Waals surface area contributed by atoms with Crippen molar-refractivity contribution in [2.45, 2.75) is 20.3 Å². The fourth-order valence-corrected chi connectivity index (χ4v) is 2.55. The molecule has 3 N–H and O–H groups in total. The maximum atomic E-state index is 12.5. The van der Waals surface area contributed by atoms with E-state index in [0.29, 0.717) is 12.1 Å². The third kappa shape index (κ3) is 5.95. The van der Waals surface area contributed by atoms with Crippen LogP contribution in [0.1, 0.15) is 19.4 Å². The summed E-state index contributed by atoms with van der Waals surface area (Å²) in [4.78, 5) is 24.4. The van der Waals surface area contributed by atoms with Crippen LogP contribution in [0.5, 0.6) is 5.75 Å². The van der Waals surface area contributed by atoms with E-state index in [0.717, 1.165) is 5.56 Å². The van der Waals surface area contributed by atoms with E-state index in [1.54, 1.807) is 12.1 Å². The Morgan fingerprint density at radius 3 is 2.24 bits per heavy atom. The van der Waals surface area contributed by atoms with E-state index in [1.165, 1.54) is 12.1 Å². The highest BCUT2D eigenvalue weighted by atomic mass is 16.3. The van der Waals surface area contributed by atoms with E-state index in [1.807, 2.05) is 44.2 Å². The Kier molecular flexibility index (Phi) is 6.57. The first-order valence-electron chi connectivity index (χ1n) is 8.36. The first-order chi connectivity index (χ1) is 12.0. The summed E-state index contributed by atoms with van der Waals surface area (Å²) in [6.45, 7) is 3.92. The number of amides is 2. The molecule has 2 aromatic rings. The van der Waals surface area contributed by atoms with Crippen molar-refractivity contribution < 1.29 is 14.7 Å². The summed E-state index contributed by atoms with van der Waals surface area (Å²) in [5.74, 6) is -0.322. The van der Waals surface area contributed by atoms with Crippen molar-refractivity contribution in [2.24, 2.45) is 11.8 Å². The number of aromatic hydroxyl groups is 1. The fourth-order valence-electron chi connectivity index (χ4n) is 2.55. The van der Waals surface area contributed by atoms with Gasteiger partial charge in [0, 0.05) is 11.6 Å². The number of nitrogens with one attached hydrogen (secondary N) is 2. The molecule has 2 rings (SSSR count). The van der Waals surface area contributed by atoms with Crippen LogP contribution in [0.25, 0.3) is 0 Å². The van der Waals surface area contributed by atoms with Gasteiger partial charge in [-0.15, -0.1) is 0 Å². The number of anilines is 1. The molecule has 132 valence electrons. The molecule has 0 radical (unpaired) electrons. The SMILES string of the molecule is CC(C)C(Cc1ccccc1)C(=O)NCC(=O)Nc1ccc(O)cc1. The van der Waals surface area contributed by atoms with Crippen LogP contribution >= 0.6 is 0 Å². The van der Waals surface area contributed by atoms with Gasteiger partial charge >= 0.3 is 0 Å². The van der Waals surface area contributed by atoms with Gasteiger partial charge in [-0.25, -0.2) is 0 Å². The van der Waals surface area contributed by atoms with Gasteiger partial charge in [-0.1, -0.05) is 44.2 Å². The minimum absolute atomic E-state index is 0.0856. The predicted octanol–water partition coefficient (Wildman–Crippen LogP) is 2.96. The summed E-state index contributed by atoms with van der Waals surface area (Å²) in [6.07, 6.45) is 0.643. The number of carbonyl (C=O) groups excluding carboxylic acids is 2. The van der Waals surface area contributed by atoms with Gasteiger partial charge in [0.25, 0.3) is 0 Å². The summed E-state index contributed by atoms with van der Waals surface area (Å²) in [5.41, 5.74) is 1.67. The highest BCUT2D eigenvalue weighted by Gasteiger charge is 2.22. The molecule has 5 nitrogen and oxygen atoms in total. The van der Waals surface area contributed by atoms with Crippen LogP contribution in [0.15, 0.2) is 54.6 Å². The maximum Gasteiger partial charge on any atom is 0.243 e. The third-order valence-corrected chi connectivity index (χ3v) is 4.01. The average Bonchev–Trinajstić information content (AvgIpc) is 2.60. The largest absolute Gasteiger partial charge is 0.508 e. The molecule has 1 atom stereocenters. The van der Waals surface area contributed by atoms with E-state index in [-0.39, 0.29) is 35.9 Å². The average molecular weight is 340 g/mol. The number of phenols is 1. The van der Waals surface area contributed by atoms with Crippen LogP contribution in [-0.4, -0.2) is 23.5 Å². The van der Waals surface area contributed by atoms with Crippen molar-refractivity contribution in [3.63, 3.8) is 0 Å². The molecule has 0 aliphatic carbocycles. The standard InChI is InChI=1S/C20H24N2O3/c1-14(2)18(12-15-6-4-3-5-7-15)20(25)21-13-19(24)22-16-8-10-17(23)11-9-16/h3-11,14,18,23H,12-13H2,1-2H3,(H,21,25)(H,22,24). The fraction of sp³-hybridized carbons (Fsp3) is 0.300. The van der Waals surface area contributed by atoms with Crippen molar-refractivity contribution in [3.05, 3.63) is 60.2 Å². The first kappa shape index (κ1) is 18.5.